The van der Waals surface area contributed by atoms with Gasteiger partial charge in [0.2, 0.25) is 0 Å². The van der Waals surface area contributed by atoms with E-state index in [0.29, 0.717) is 29.2 Å². The molecule has 5 rings (SSSR count). The van der Waals surface area contributed by atoms with Crippen molar-refractivity contribution in [2.75, 3.05) is 0 Å². The molecule has 0 bridgehead atoms. The molecular formula is C20H21N3O. The molecule has 2 aromatic rings. The van der Waals surface area contributed by atoms with Gasteiger partial charge in [0.1, 0.15) is 11.8 Å². The third kappa shape index (κ3) is 1.65. The Morgan fingerprint density at radius 2 is 2.25 bits per heavy atom. The maximum absolute atomic E-state index is 9.78. The van der Waals surface area contributed by atoms with Gasteiger partial charge < -0.3 is 5.11 Å². The highest BCUT2D eigenvalue weighted by molar-refractivity contribution is 5.46. The second-order valence-electron chi connectivity index (χ2n) is 8.00. The van der Waals surface area contributed by atoms with Crippen LogP contribution < -0.4 is 0 Å². The summed E-state index contributed by atoms with van der Waals surface area (Å²) in [6.07, 6.45) is 5.53. The normalized spacial score (nSPS) is 33.1. The van der Waals surface area contributed by atoms with Crippen molar-refractivity contribution in [2.45, 2.75) is 50.4 Å². The van der Waals surface area contributed by atoms with E-state index in [1.54, 1.807) is 0 Å². The first-order chi connectivity index (χ1) is 11.6. The van der Waals surface area contributed by atoms with Crippen LogP contribution in [0.4, 0.5) is 0 Å². The van der Waals surface area contributed by atoms with Gasteiger partial charge in [-0.1, -0.05) is 13.0 Å². The summed E-state index contributed by atoms with van der Waals surface area (Å²) in [6, 6.07) is 8.19. The van der Waals surface area contributed by atoms with E-state index in [0.717, 1.165) is 19.3 Å². The van der Waals surface area contributed by atoms with Gasteiger partial charge in [0, 0.05) is 16.7 Å². The Morgan fingerprint density at radius 3 is 3.08 bits per heavy atom. The molecule has 1 saturated carbocycles. The van der Waals surface area contributed by atoms with E-state index >= 15 is 0 Å². The highest BCUT2D eigenvalue weighted by atomic mass is 16.3. The van der Waals surface area contributed by atoms with Crippen LogP contribution in [-0.4, -0.2) is 15.3 Å². The van der Waals surface area contributed by atoms with E-state index in [9.17, 15) is 10.4 Å². The molecule has 3 aliphatic rings. The number of aromatic amines is 1. The number of rotatable bonds is 0. The molecule has 0 aliphatic heterocycles. The first kappa shape index (κ1) is 14.1. The number of phenolic OH excluding ortho intramolecular Hbond substituents is 1. The quantitative estimate of drug-likeness (QED) is 0.780. The van der Waals surface area contributed by atoms with Gasteiger partial charge in [0.25, 0.3) is 0 Å². The monoisotopic (exact) mass is 319 g/mol. The van der Waals surface area contributed by atoms with Crippen LogP contribution in [0.2, 0.25) is 0 Å². The van der Waals surface area contributed by atoms with Crippen LogP contribution in [0.5, 0.6) is 5.75 Å². The van der Waals surface area contributed by atoms with Crippen LogP contribution in [0.25, 0.3) is 0 Å². The molecule has 0 spiro atoms. The molecule has 0 unspecified atom stereocenters. The first-order valence-electron chi connectivity index (χ1n) is 8.91. The zero-order chi connectivity index (χ0) is 16.5. The zero-order valence-corrected chi connectivity index (χ0v) is 13.8. The lowest BCUT2D eigenvalue weighted by Gasteiger charge is -2.49. The lowest BCUT2D eigenvalue weighted by atomic mass is 9.55. The average molecular weight is 319 g/mol. The highest BCUT2D eigenvalue weighted by Crippen LogP contribution is 2.59. The number of aromatic hydroxyl groups is 1. The van der Waals surface area contributed by atoms with Gasteiger partial charge in [-0.05, 0) is 73.1 Å². The molecule has 4 atom stereocenters. The van der Waals surface area contributed by atoms with Gasteiger partial charge in [-0.25, -0.2) is 0 Å². The minimum absolute atomic E-state index is 0.132. The number of nitriles is 1. The van der Waals surface area contributed by atoms with Crippen molar-refractivity contribution < 1.29 is 5.11 Å². The van der Waals surface area contributed by atoms with Gasteiger partial charge in [0.15, 0.2) is 5.69 Å². The summed E-state index contributed by atoms with van der Waals surface area (Å²) >= 11 is 0. The summed E-state index contributed by atoms with van der Waals surface area (Å²) in [5, 5.41) is 26.5. The molecule has 24 heavy (non-hydrogen) atoms. The Balaban J connectivity index is 1.56. The van der Waals surface area contributed by atoms with E-state index in [1.165, 1.54) is 35.2 Å². The van der Waals surface area contributed by atoms with Gasteiger partial charge in [-0.15, -0.1) is 0 Å². The molecule has 0 saturated heterocycles. The highest BCUT2D eigenvalue weighted by Gasteiger charge is 2.54. The van der Waals surface area contributed by atoms with Crippen LogP contribution in [0.15, 0.2) is 18.2 Å². The number of benzene rings is 1. The number of aromatic nitrogens is 2. The third-order valence-corrected chi connectivity index (χ3v) is 7.07. The number of H-pyrrole nitrogens is 1. The van der Waals surface area contributed by atoms with Gasteiger partial charge >= 0.3 is 0 Å². The van der Waals surface area contributed by atoms with E-state index in [1.807, 2.05) is 12.1 Å². The van der Waals surface area contributed by atoms with Crippen molar-refractivity contribution in [3.63, 3.8) is 0 Å². The van der Waals surface area contributed by atoms with Crippen molar-refractivity contribution in [1.82, 2.24) is 10.2 Å². The molecule has 1 heterocycles. The van der Waals surface area contributed by atoms with Crippen molar-refractivity contribution in [3.8, 4) is 11.8 Å². The van der Waals surface area contributed by atoms with Crippen molar-refractivity contribution in [1.29, 1.82) is 5.26 Å². The standard InChI is InChI=1S/C20H21N3O/c1-20-7-6-14-13-5-3-12(24)8-11(13)2-4-15(14)17(20)9-16-18(10-21)22-23-19(16)20/h3,5,8,14-15,17,24H,2,4,6-7,9H2,1H3,(H,22,23)/t14-,15-,17+,20+/m1/s1. The second kappa shape index (κ2) is 4.63. The van der Waals surface area contributed by atoms with Gasteiger partial charge in [0.05, 0.1) is 0 Å². The smallest absolute Gasteiger partial charge is 0.165 e. The van der Waals surface area contributed by atoms with E-state index < -0.39 is 0 Å². The molecule has 0 radical (unpaired) electrons. The number of hydrogen-bond donors (Lipinski definition) is 2. The van der Waals surface area contributed by atoms with Crippen molar-refractivity contribution >= 4 is 0 Å². The minimum atomic E-state index is 0.132. The number of nitrogens with zero attached hydrogens (tertiary/aromatic N) is 2. The predicted molar refractivity (Wildman–Crippen MR) is 89.7 cm³/mol. The van der Waals surface area contributed by atoms with Crippen LogP contribution in [-0.2, 0) is 18.3 Å². The SMILES string of the molecule is C[C@]12CC[C@@H]3c4ccc(O)cc4CC[C@H]3[C@@H]1Cc1c(C#N)n[nH]c12. The molecule has 122 valence electrons. The lowest BCUT2D eigenvalue weighted by Crippen LogP contribution is -2.43. The summed E-state index contributed by atoms with van der Waals surface area (Å²) in [7, 11) is 0. The number of nitrogens with one attached hydrogen (secondary N) is 1. The minimum Gasteiger partial charge on any atom is -0.508 e. The number of aryl methyl sites for hydroxylation is 1. The molecule has 4 heteroatoms. The fourth-order valence-corrected chi connectivity index (χ4v) is 5.92. The summed E-state index contributed by atoms with van der Waals surface area (Å²) in [5.74, 6) is 2.23. The Bertz CT molecular complexity index is 877. The Kier molecular flexibility index (Phi) is 2.72. The summed E-state index contributed by atoms with van der Waals surface area (Å²) in [6.45, 7) is 2.37. The van der Waals surface area contributed by atoms with Gasteiger partial charge in [-0.3, -0.25) is 5.10 Å². The molecule has 3 aliphatic carbocycles. The fourth-order valence-electron chi connectivity index (χ4n) is 5.92. The maximum atomic E-state index is 9.78. The average Bonchev–Trinajstić information content (AvgIpc) is 3.12. The Labute approximate surface area is 141 Å². The second-order valence-corrected chi connectivity index (χ2v) is 8.00. The van der Waals surface area contributed by atoms with Crippen molar-refractivity contribution in [2.24, 2.45) is 11.8 Å². The number of phenols is 1. The molecule has 4 nitrogen and oxygen atoms in total. The molecule has 0 amide bonds. The van der Waals surface area contributed by atoms with Crippen molar-refractivity contribution in [3.05, 3.63) is 46.3 Å². The molecular weight excluding hydrogens is 298 g/mol. The fraction of sp³-hybridized carbons (Fsp3) is 0.500. The number of fused-ring (bicyclic) bond motifs is 7. The third-order valence-electron chi connectivity index (χ3n) is 7.07. The number of hydrogen-bond acceptors (Lipinski definition) is 3. The maximum Gasteiger partial charge on any atom is 0.165 e. The topological polar surface area (TPSA) is 72.7 Å². The van der Waals surface area contributed by atoms with E-state index in [2.05, 4.69) is 29.3 Å². The van der Waals surface area contributed by atoms with Crippen LogP contribution >= 0.6 is 0 Å². The Hall–Kier alpha value is -2.28. The summed E-state index contributed by atoms with van der Waals surface area (Å²) in [5.41, 5.74) is 5.89. The van der Waals surface area contributed by atoms with E-state index in [-0.39, 0.29) is 5.41 Å². The summed E-state index contributed by atoms with van der Waals surface area (Å²) < 4.78 is 0. The zero-order valence-electron chi connectivity index (χ0n) is 13.8. The van der Waals surface area contributed by atoms with E-state index in [4.69, 9.17) is 0 Å². The van der Waals surface area contributed by atoms with Crippen LogP contribution in [0, 0.1) is 23.2 Å². The van der Waals surface area contributed by atoms with Crippen LogP contribution in [0.3, 0.4) is 0 Å². The Morgan fingerprint density at radius 1 is 1.38 bits per heavy atom. The predicted octanol–water partition coefficient (Wildman–Crippen LogP) is 3.56. The molecule has 2 N–H and O–H groups in total. The summed E-state index contributed by atoms with van der Waals surface area (Å²) in [4.78, 5) is 0. The molecule has 1 aromatic heterocycles. The lowest BCUT2D eigenvalue weighted by molar-refractivity contribution is 0.103. The molecule has 1 aromatic carbocycles. The van der Waals surface area contributed by atoms with Crippen LogP contribution in [0.1, 0.15) is 60.2 Å². The van der Waals surface area contributed by atoms with Gasteiger partial charge in [-0.2, -0.15) is 10.4 Å². The largest absolute Gasteiger partial charge is 0.508 e. The molecule has 1 fully saturated rings. The first-order valence-corrected chi connectivity index (χ1v) is 8.91.